The minimum atomic E-state index is 0. The minimum Gasteiger partial charge on any atom is -0.373 e. The van der Waals surface area contributed by atoms with Crippen LogP contribution in [-0.2, 0) is 0 Å². The second-order valence-corrected chi connectivity index (χ2v) is 21.9. The van der Waals surface area contributed by atoms with Gasteiger partial charge in [-0.25, -0.2) is 29.9 Å². The third-order valence-corrected chi connectivity index (χ3v) is 15.4. The van der Waals surface area contributed by atoms with Gasteiger partial charge in [0, 0.05) is 105 Å². The van der Waals surface area contributed by atoms with Crippen LogP contribution in [-0.4, -0.2) is 222 Å². The first-order valence-electron chi connectivity index (χ1n) is 28.3. The Labute approximate surface area is 537 Å². The van der Waals surface area contributed by atoms with Crippen LogP contribution in [0.3, 0.4) is 0 Å². The van der Waals surface area contributed by atoms with Crippen molar-refractivity contribution in [2.24, 2.45) is 0 Å². The van der Waals surface area contributed by atoms with E-state index in [0.717, 1.165) is 170 Å². The Kier molecular flexibility index (Phi) is 25.2. The summed E-state index contributed by atoms with van der Waals surface area (Å²) >= 11 is 17.7. The maximum atomic E-state index is 6.75. The quantitative estimate of drug-likeness (QED) is 0.104. The molecule has 4 saturated heterocycles. The zero-order valence-electron chi connectivity index (χ0n) is 50.7. The van der Waals surface area contributed by atoms with Crippen LogP contribution >= 0.6 is 34.8 Å². The van der Waals surface area contributed by atoms with Gasteiger partial charge in [-0.1, -0.05) is 79.0 Å². The van der Waals surface area contributed by atoms with E-state index in [1.54, 1.807) is 9.03 Å². The third kappa shape index (κ3) is 17.4. The Bertz CT molecular complexity index is 3830. The largest absolute Gasteiger partial charge is 1.00 e. The number of hydrogen-bond acceptors (Lipinski definition) is 20. The van der Waals surface area contributed by atoms with Gasteiger partial charge >= 0.3 is 29.6 Å². The molecule has 10 aromatic rings. The Hall–Kier alpha value is -6.58. The molecule has 0 spiro atoms. The molecular weight excluding hydrogens is 1160 g/mol. The number of halogens is 3. The molecule has 25 nitrogen and oxygen atoms in total. The van der Waals surface area contributed by atoms with Gasteiger partial charge in [0.2, 0.25) is 11.3 Å². The van der Waals surface area contributed by atoms with Crippen molar-refractivity contribution in [3.05, 3.63) is 127 Å². The molecule has 0 bridgehead atoms. The van der Waals surface area contributed by atoms with Crippen LogP contribution in [0.1, 0.15) is 30.5 Å². The molecule has 4 aliphatic rings. The number of tetrazole rings is 2. The number of anilines is 3. The van der Waals surface area contributed by atoms with Crippen molar-refractivity contribution in [1.82, 2.24) is 94.9 Å². The molecule has 6 aromatic heterocycles. The number of piperazine rings is 4. The molecule has 86 heavy (non-hydrogen) atoms. The molecule has 448 valence electrons. The van der Waals surface area contributed by atoms with E-state index in [4.69, 9.17) is 55.8 Å². The van der Waals surface area contributed by atoms with Gasteiger partial charge in [-0.15, -0.1) is 10.2 Å². The SMILES string of the molecule is CC.CN1CCN(c2nc3ccccc3nc2Cl)CC1.CN1CCNCC1.Cc1ccc2c(c1)nc(N1CCN(C)CC1)c1nnnn12.Cc1ccc2nc(Cl)c(Cl)nc2c1.Cc1ccc2nc(N3CCN(C)CC3)c3nnnn3c2c1.[N-]=[N+]=[N-].[Na+]. The average molecular weight is 1240 g/mol. The van der Waals surface area contributed by atoms with Gasteiger partial charge in [-0.05, 0) is 135 Å². The molecule has 4 aromatic carbocycles. The van der Waals surface area contributed by atoms with E-state index < -0.39 is 0 Å². The topological polar surface area (TPSA) is 257 Å². The number of fused-ring (bicyclic) bond motifs is 8. The fourth-order valence-corrected chi connectivity index (χ4v) is 10.2. The maximum absolute atomic E-state index is 6.75. The first-order valence-corrected chi connectivity index (χ1v) is 29.5. The normalized spacial score (nSPS) is 15.7. The number of nitrogens with zero attached hydrogens (tertiary/aromatic N) is 24. The van der Waals surface area contributed by atoms with E-state index in [1.807, 2.05) is 75.4 Å². The predicted molar refractivity (Wildman–Crippen MR) is 341 cm³/mol. The van der Waals surface area contributed by atoms with Crippen molar-refractivity contribution in [2.45, 2.75) is 34.6 Å². The monoisotopic (exact) mass is 1240 g/mol. The Morgan fingerprint density at radius 2 is 0.791 bits per heavy atom. The molecule has 0 amide bonds. The van der Waals surface area contributed by atoms with Crippen LogP contribution in [0.4, 0.5) is 17.5 Å². The number of nitrogens with one attached hydrogen (secondary N) is 1. The number of aryl methyl sites for hydroxylation is 3. The standard InChI is InChI=1S/2C14H17N7.C13H15ClN4.C9H6Cl2N2.C5H12N2.C2H6.N3.Na/c1-10-3-4-12-11(9-10)15-13(14-16-17-18-21(12)14)20-7-5-19(2)6-8-20;1-10-3-4-11-12(9-10)21-14(16-17-18-21)13(15-11)20-7-5-19(2)6-8-20;1-17-6-8-18(9-7-17)13-12(14)15-10-4-2-3-5-11(10)16-13;1-5-2-3-6-7(4-5)13-9(11)8(10)12-6;1-7-4-2-6-3-5-7;1-2;1-3-2;/h2*3-4,9H,5-8H2,1-2H3;2-5H,6-9H2,1H3;2-4H,1H3;6H,2-5H2,1H3;1-2H3;;/q;;;;;;-1;+1. The van der Waals surface area contributed by atoms with Crippen molar-refractivity contribution < 1.29 is 29.6 Å². The first-order chi connectivity index (χ1) is 41.2. The summed E-state index contributed by atoms with van der Waals surface area (Å²) in [4.78, 5) is 44.4. The number of likely N-dealkylation sites (N-methyl/N-ethyl adjacent to an activating group) is 4. The summed E-state index contributed by atoms with van der Waals surface area (Å²) in [5.74, 6) is 2.57. The van der Waals surface area contributed by atoms with Gasteiger partial charge in [0.25, 0.3) is 0 Å². The van der Waals surface area contributed by atoms with Crippen LogP contribution in [0.2, 0.25) is 15.5 Å². The van der Waals surface area contributed by atoms with E-state index in [1.165, 1.54) is 29.1 Å². The molecule has 1 N–H and O–H groups in total. The van der Waals surface area contributed by atoms with Crippen LogP contribution < -0.4 is 49.6 Å². The second-order valence-electron chi connectivity index (χ2n) is 20.8. The molecule has 10 heterocycles. The van der Waals surface area contributed by atoms with Gasteiger partial charge in [-0.3, -0.25) is 4.91 Å². The summed E-state index contributed by atoms with van der Waals surface area (Å²) in [5.41, 5.74) is 25.5. The smallest absolute Gasteiger partial charge is 0.373 e. The average Bonchev–Trinajstić information content (AvgIpc) is 1.88. The second kappa shape index (κ2) is 32.4. The molecule has 29 heteroatoms. The molecule has 0 unspecified atom stereocenters. The number of rotatable bonds is 3. The van der Waals surface area contributed by atoms with E-state index in [9.17, 15) is 0 Å². The zero-order valence-corrected chi connectivity index (χ0v) is 55.0. The molecular formula is C57H73Cl3N25Na. The fraction of sp³-hybridized carbons (Fsp3) is 0.439. The van der Waals surface area contributed by atoms with Crippen molar-refractivity contribution in [2.75, 3.05) is 148 Å². The van der Waals surface area contributed by atoms with Crippen molar-refractivity contribution in [1.29, 1.82) is 0 Å². The first kappa shape index (κ1) is 66.9. The molecule has 0 aliphatic carbocycles. The maximum Gasteiger partial charge on any atom is 1.00 e. The Morgan fingerprint density at radius 3 is 1.29 bits per heavy atom. The fourth-order valence-electron chi connectivity index (χ4n) is 9.65. The molecule has 0 atom stereocenters. The number of hydrogen-bond donors (Lipinski definition) is 1. The molecule has 0 radical (unpaired) electrons. The van der Waals surface area contributed by atoms with Crippen LogP contribution in [0.5, 0.6) is 0 Å². The van der Waals surface area contributed by atoms with Gasteiger partial charge in [0.05, 0.1) is 44.1 Å². The number of aromatic nitrogens is 14. The number of benzene rings is 4. The van der Waals surface area contributed by atoms with Gasteiger partial charge in [0.1, 0.15) is 0 Å². The van der Waals surface area contributed by atoms with E-state index in [2.05, 4.69) is 157 Å². The third-order valence-electron chi connectivity index (χ3n) is 14.5. The van der Waals surface area contributed by atoms with Crippen molar-refractivity contribution in [3.63, 3.8) is 0 Å². The van der Waals surface area contributed by atoms with Crippen LogP contribution in [0, 0.1) is 20.8 Å². The van der Waals surface area contributed by atoms with Crippen molar-refractivity contribution >= 4 is 108 Å². The minimum absolute atomic E-state index is 0. The molecule has 0 saturated carbocycles. The summed E-state index contributed by atoms with van der Waals surface area (Å²) in [6.07, 6.45) is 0. The zero-order chi connectivity index (χ0) is 60.6. The molecule has 4 fully saturated rings. The summed E-state index contributed by atoms with van der Waals surface area (Å²) in [6, 6.07) is 25.9. The summed E-state index contributed by atoms with van der Waals surface area (Å²) < 4.78 is 3.58. The molecule has 4 aliphatic heterocycles. The number of para-hydroxylation sites is 2. The van der Waals surface area contributed by atoms with Gasteiger partial charge in [0.15, 0.2) is 32.9 Å². The Morgan fingerprint density at radius 1 is 0.419 bits per heavy atom. The Balaban J connectivity index is 0.000000155. The van der Waals surface area contributed by atoms with E-state index in [0.29, 0.717) is 5.15 Å². The van der Waals surface area contributed by atoms with Crippen molar-refractivity contribution in [3.8, 4) is 0 Å². The van der Waals surface area contributed by atoms with Gasteiger partial charge < -0.3 is 50.7 Å². The van der Waals surface area contributed by atoms with Crippen LogP contribution in [0.15, 0.2) is 78.9 Å². The van der Waals surface area contributed by atoms with E-state index >= 15 is 0 Å². The predicted octanol–water partition coefficient (Wildman–Crippen LogP) is 5.16. The summed E-state index contributed by atoms with van der Waals surface area (Å²) in [7, 11) is 8.57. The van der Waals surface area contributed by atoms with Crippen LogP contribution in [0.25, 0.3) is 71.4 Å². The summed E-state index contributed by atoms with van der Waals surface area (Å²) in [5, 5.41) is 28.5. The van der Waals surface area contributed by atoms with E-state index in [-0.39, 0.29) is 39.9 Å². The summed E-state index contributed by atoms with van der Waals surface area (Å²) in [6.45, 7) is 26.7. The molecule has 14 rings (SSSR count). The van der Waals surface area contributed by atoms with Gasteiger partial charge in [-0.2, -0.15) is 9.03 Å².